The molecule has 0 aromatic heterocycles. The summed E-state index contributed by atoms with van der Waals surface area (Å²) < 4.78 is 0. The van der Waals surface area contributed by atoms with E-state index in [1.807, 2.05) is 37.3 Å². The van der Waals surface area contributed by atoms with Crippen molar-refractivity contribution in [3.05, 3.63) is 35.9 Å². The average Bonchev–Trinajstić information content (AvgIpc) is 3.06. The summed E-state index contributed by atoms with van der Waals surface area (Å²) in [5, 5.41) is 25.7. The van der Waals surface area contributed by atoms with Crippen LogP contribution in [-0.4, -0.2) is 51.5 Å². The molecule has 0 spiro atoms. The smallest absolute Gasteiger partial charge is 0.234 e. The second-order valence-electron chi connectivity index (χ2n) is 9.01. The number of oxime groups is 1. The Bertz CT molecular complexity index is 924. The van der Waals surface area contributed by atoms with Crippen molar-refractivity contribution < 1.29 is 24.6 Å². The summed E-state index contributed by atoms with van der Waals surface area (Å²) in [7, 11) is 0. The molecule has 1 aromatic carbocycles. The van der Waals surface area contributed by atoms with E-state index < -0.39 is 36.0 Å². The van der Waals surface area contributed by atoms with Gasteiger partial charge in [-0.15, -0.1) is 12.3 Å². The van der Waals surface area contributed by atoms with Gasteiger partial charge in [0.05, 0.1) is 35.8 Å². The fourth-order valence-corrected chi connectivity index (χ4v) is 5.63. The average molecular weight is 439 g/mol. The second kappa shape index (κ2) is 9.43. The Morgan fingerprint density at radius 2 is 1.91 bits per heavy atom. The van der Waals surface area contributed by atoms with Gasteiger partial charge < -0.3 is 15.1 Å². The van der Waals surface area contributed by atoms with Crippen molar-refractivity contribution in [2.24, 2.45) is 28.8 Å². The number of hydrogen-bond donors (Lipinski definition) is 2. The minimum Gasteiger partial charge on any atom is -0.396 e. The van der Waals surface area contributed by atoms with E-state index in [-0.39, 0.29) is 24.2 Å². The lowest BCUT2D eigenvalue weighted by Crippen LogP contribution is -2.54. The Kier molecular flexibility index (Phi) is 6.63. The zero-order valence-electron chi connectivity index (χ0n) is 18.3. The van der Waals surface area contributed by atoms with E-state index in [0.29, 0.717) is 38.0 Å². The second-order valence-corrected chi connectivity index (χ2v) is 9.01. The first-order chi connectivity index (χ1) is 15.5. The summed E-state index contributed by atoms with van der Waals surface area (Å²) in [6, 6.07) is 9.07. The first-order valence-electron chi connectivity index (χ1n) is 11.4. The zero-order chi connectivity index (χ0) is 22.8. The quantitative estimate of drug-likeness (QED) is 0.307. The van der Waals surface area contributed by atoms with Gasteiger partial charge in [0.2, 0.25) is 11.8 Å². The Labute approximate surface area is 188 Å². The van der Waals surface area contributed by atoms with Gasteiger partial charge in [-0.2, -0.15) is 0 Å². The monoisotopic (exact) mass is 438 g/mol. The fourth-order valence-electron chi connectivity index (χ4n) is 5.63. The van der Waals surface area contributed by atoms with Crippen LogP contribution in [0.3, 0.4) is 0 Å². The highest BCUT2D eigenvalue weighted by molar-refractivity contribution is 6.06. The molecule has 0 unspecified atom stereocenters. The van der Waals surface area contributed by atoms with Gasteiger partial charge in [-0.05, 0) is 31.7 Å². The fraction of sp³-hybridized carbons (Fsp3) is 0.560. The van der Waals surface area contributed by atoms with E-state index in [9.17, 15) is 19.8 Å². The molecule has 1 aromatic rings. The van der Waals surface area contributed by atoms with Crippen LogP contribution in [0.25, 0.3) is 0 Å². The van der Waals surface area contributed by atoms with Crippen molar-refractivity contribution in [2.75, 3.05) is 6.61 Å². The minimum atomic E-state index is -1.09. The lowest BCUT2D eigenvalue weighted by molar-refractivity contribution is -0.144. The molecule has 0 bridgehead atoms. The summed E-state index contributed by atoms with van der Waals surface area (Å²) in [6.45, 7) is 2.22. The van der Waals surface area contributed by atoms with Gasteiger partial charge >= 0.3 is 0 Å². The zero-order valence-corrected chi connectivity index (χ0v) is 18.3. The number of nitrogens with zero attached hydrogens (tertiary/aromatic N) is 2. The third-order valence-corrected chi connectivity index (χ3v) is 7.22. The first kappa shape index (κ1) is 22.5. The maximum atomic E-state index is 13.5. The molecule has 0 radical (unpaired) electrons. The van der Waals surface area contributed by atoms with E-state index in [0.717, 1.165) is 5.56 Å². The van der Waals surface area contributed by atoms with E-state index in [1.165, 1.54) is 4.90 Å². The molecule has 7 atom stereocenters. The van der Waals surface area contributed by atoms with Crippen LogP contribution in [-0.2, 0) is 14.4 Å². The maximum absolute atomic E-state index is 13.5. The molecule has 170 valence electrons. The molecular weight excluding hydrogens is 408 g/mol. The summed E-state index contributed by atoms with van der Waals surface area (Å²) in [4.78, 5) is 33.6. The van der Waals surface area contributed by atoms with E-state index in [1.54, 1.807) is 0 Å². The van der Waals surface area contributed by atoms with Crippen LogP contribution >= 0.6 is 0 Å². The highest BCUT2D eigenvalue weighted by atomic mass is 16.6. The van der Waals surface area contributed by atoms with Crippen molar-refractivity contribution >= 4 is 17.5 Å². The first-order valence-corrected chi connectivity index (χ1v) is 11.4. The largest absolute Gasteiger partial charge is 0.396 e. The topological polar surface area (TPSA) is 99.4 Å². The molecule has 7 heteroatoms. The molecule has 2 aliphatic carbocycles. The van der Waals surface area contributed by atoms with Crippen LogP contribution in [0, 0.1) is 36.0 Å². The number of imide groups is 1. The lowest BCUT2D eigenvalue weighted by Gasteiger charge is -2.45. The third-order valence-electron chi connectivity index (χ3n) is 7.22. The Balaban J connectivity index is 1.58. The number of amides is 2. The van der Waals surface area contributed by atoms with Gasteiger partial charge in [0.1, 0.15) is 6.61 Å². The van der Waals surface area contributed by atoms with Gasteiger partial charge in [-0.1, -0.05) is 35.5 Å². The van der Waals surface area contributed by atoms with Gasteiger partial charge in [0.25, 0.3) is 0 Å². The molecule has 2 N–H and O–H groups in total. The predicted molar refractivity (Wildman–Crippen MR) is 118 cm³/mol. The van der Waals surface area contributed by atoms with Crippen molar-refractivity contribution in [3.8, 4) is 12.3 Å². The van der Waals surface area contributed by atoms with Crippen LogP contribution in [0.2, 0.25) is 0 Å². The molecule has 2 amide bonds. The van der Waals surface area contributed by atoms with Gasteiger partial charge in [-0.3, -0.25) is 14.5 Å². The number of carbonyl (C=O) groups is 2. The number of aliphatic hydroxyl groups is 2. The molecule has 3 fully saturated rings. The third kappa shape index (κ3) is 3.94. The van der Waals surface area contributed by atoms with Crippen LogP contribution < -0.4 is 0 Å². The Morgan fingerprint density at radius 1 is 1.19 bits per heavy atom. The van der Waals surface area contributed by atoms with Crippen molar-refractivity contribution in [1.29, 1.82) is 0 Å². The predicted octanol–water partition coefficient (Wildman–Crippen LogP) is 2.29. The molecule has 32 heavy (non-hydrogen) atoms. The number of aliphatic hydroxyl groups excluding tert-OH is 2. The normalized spacial score (nSPS) is 34.1. The van der Waals surface area contributed by atoms with Crippen LogP contribution in [0.5, 0.6) is 0 Å². The summed E-state index contributed by atoms with van der Waals surface area (Å²) in [5.41, 5.74) is 1.54. The molecule has 1 saturated heterocycles. The lowest BCUT2D eigenvalue weighted by atomic mass is 9.60. The number of carbonyl (C=O) groups excluding carboxylic acids is 2. The highest BCUT2D eigenvalue weighted by Crippen LogP contribution is 2.51. The minimum absolute atomic E-state index is 0.189. The Morgan fingerprint density at radius 3 is 2.62 bits per heavy atom. The number of unbranched alkanes of at least 4 members (excludes halogenated alkanes) is 1. The van der Waals surface area contributed by atoms with Gasteiger partial charge in [0, 0.05) is 24.7 Å². The number of likely N-dealkylation sites (tertiary alicyclic amines) is 1. The van der Waals surface area contributed by atoms with Crippen molar-refractivity contribution in [1.82, 2.24) is 4.90 Å². The number of hydrogen-bond acceptors (Lipinski definition) is 6. The number of benzene rings is 1. The maximum Gasteiger partial charge on any atom is 0.234 e. The van der Waals surface area contributed by atoms with E-state index in [4.69, 9.17) is 11.3 Å². The van der Waals surface area contributed by atoms with Crippen molar-refractivity contribution in [2.45, 2.75) is 57.3 Å². The molecule has 4 rings (SSSR count). The number of fused-ring (bicyclic) bond motifs is 3. The van der Waals surface area contributed by atoms with E-state index >= 15 is 0 Å². The van der Waals surface area contributed by atoms with Gasteiger partial charge in [-0.25, -0.2) is 0 Å². The van der Waals surface area contributed by atoms with Crippen molar-refractivity contribution in [3.63, 3.8) is 0 Å². The SMILES string of the molecule is C#CCCCO/N=C1\C[C@@H](O)[C@@H](O)[C@@H]2[C@@H]3C(=O)N([C@@H](C)c4ccccc4)C(=O)[C@@H]3CC[C@H]12. The molecule has 2 saturated carbocycles. The standard InChI is InChI=1S/C25H30N2O5/c1-3-4-8-13-32-26-19-14-20(28)23(29)21-17(19)11-12-18-22(21)25(31)27(24(18)30)15(2)16-9-6-5-7-10-16/h1,5-7,9-10,15,17-18,20-23,28-29H,4,8,11-14H2,2H3/b26-19+/t15-,17+,18+,20+,21-,22+,23+/m0/s1. The molecule has 1 aliphatic heterocycles. The summed E-state index contributed by atoms with van der Waals surface area (Å²) in [6.07, 6.45) is 5.75. The Hall–Kier alpha value is -2.69. The molecule has 1 heterocycles. The molecule has 7 nitrogen and oxygen atoms in total. The van der Waals surface area contributed by atoms with Crippen LogP contribution in [0.1, 0.15) is 50.6 Å². The number of terminal acetylenes is 1. The molecular formula is C25H30N2O5. The summed E-state index contributed by atoms with van der Waals surface area (Å²) in [5.74, 6) is 0.184. The molecule has 3 aliphatic rings. The van der Waals surface area contributed by atoms with Crippen LogP contribution in [0.4, 0.5) is 0 Å². The van der Waals surface area contributed by atoms with Crippen LogP contribution in [0.15, 0.2) is 35.5 Å². The number of rotatable bonds is 6. The van der Waals surface area contributed by atoms with E-state index in [2.05, 4.69) is 11.1 Å². The van der Waals surface area contributed by atoms with Gasteiger partial charge in [0.15, 0.2) is 0 Å². The summed E-state index contributed by atoms with van der Waals surface area (Å²) >= 11 is 0. The highest BCUT2D eigenvalue weighted by Gasteiger charge is 2.60.